The summed E-state index contributed by atoms with van der Waals surface area (Å²) in [4.78, 5) is 11.5. The summed E-state index contributed by atoms with van der Waals surface area (Å²) >= 11 is 0. The minimum Gasteiger partial charge on any atom is -0.350 e. The molecule has 1 fully saturated rings. The maximum Gasteiger partial charge on any atom is 0.164 e. The number of Topliss-reactive ketones (excluding diaryl/α,β-unsaturated/α-hetero) is 1. The molecule has 0 amide bonds. The van der Waals surface area contributed by atoms with Crippen LogP contribution in [0.2, 0.25) is 0 Å². The van der Waals surface area contributed by atoms with Crippen LogP contribution < -0.4 is 0 Å². The van der Waals surface area contributed by atoms with Crippen molar-refractivity contribution in [2.75, 3.05) is 13.2 Å². The van der Waals surface area contributed by atoms with Gasteiger partial charge in [-0.15, -0.1) is 0 Å². The fourth-order valence-corrected chi connectivity index (χ4v) is 1.74. The van der Waals surface area contributed by atoms with Crippen LogP contribution >= 0.6 is 0 Å². The van der Waals surface area contributed by atoms with E-state index < -0.39 is 0 Å². The first-order valence-corrected chi connectivity index (χ1v) is 6.08. The molecule has 0 atom stereocenters. The topological polar surface area (TPSA) is 35.5 Å². The number of carbonyl (C=O) groups is 1. The number of hydrogen-bond acceptors (Lipinski definition) is 3. The van der Waals surface area contributed by atoms with E-state index in [-0.39, 0.29) is 12.1 Å². The average molecular weight is 214 g/mol. The average Bonchev–Trinajstić information content (AvgIpc) is 2.70. The van der Waals surface area contributed by atoms with Crippen molar-refractivity contribution in [3.8, 4) is 0 Å². The normalized spacial score (nSPS) is 17.1. The standard InChI is InChI=1S/C12H22O3/c1-2-3-4-5-6-7-11(13)10-12-14-8-9-15-12/h12H,2-10H2,1H3. The van der Waals surface area contributed by atoms with Gasteiger partial charge >= 0.3 is 0 Å². The lowest BCUT2D eigenvalue weighted by atomic mass is 10.1. The first-order valence-electron chi connectivity index (χ1n) is 6.08. The molecular weight excluding hydrogens is 192 g/mol. The predicted octanol–water partition coefficient (Wildman–Crippen LogP) is 2.68. The zero-order valence-electron chi connectivity index (χ0n) is 9.67. The quantitative estimate of drug-likeness (QED) is 0.583. The Kier molecular flexibility index (Phi) is 6.60. The molecule has 1 aliphatic rings. The third-order valence-electron chi connectivity index (χ3n) is 2.64. The van der Waals surface area contributed by atoms with Crippen molar-refractivity contribution in [3.05, 3.63) is 0 Å². The van der Waals surface area contributed by atoms with Crippen LogP contribution in [0.3, 0.4) is 0 Å². The van der Waals surface area contributed by atoms with Crippen molar-refractivity contribution in [1.29, 1.82) is 0 Å². The molecular formula is C12H22O3. The minimum atomic E-state index is -0.256. The minimum absolute atomic E-state index is 0.256. The van der Waals surface area contributed by atoms with Crippen molar-refractivity contribution >= 4 is 5.78 Å². The van der Waals surface area contributed by atoms with E-state index in [4.69, 9.17) is 9.47 Å². The molecule has 15 heavy (non-hydrogen) atoms. The molecule has 0 spiro atoms. The first-order chi connectivity index (χ1) is 7.33. The predicted molar refractivity (Wildman–Crippen MR) is 58.7 cm³/mol. The van der Waals surface area contributed by atoms with Crippen molar-refractivity contribution in [2.24, 2.45) is 0 Å². The van der Waals surface area contributed by atoms with Gasteiger partial charge in [-0.2, -0.15) is 0 Å². The number of hydrogen-bond donors (Lipinski definition) is 0. The van der Waals surface area contributed by atoms with Gasteiger partial charge in [0, 0.05) is 6.42 Å². The van der Waals surface area contributed by atoms with Crippen LogP contribution in [-0.2, 0) is 14.3 Å². The third-order valence-corrected chi connectivity index (χ3v) is 2.64. The zero-order chi connectivity index (χ0) is 10.9. The Labute approximate surface area is 92.1 Å². The van der Waals surface area contributed by atoms with Crippen LogP contribution in [0.5, 0.6) is 0 Å². The van der Waals surface area contributed by atoms with Crippen LogP contribution in [0, 0.1) is 0 Å². The van der Waals surface area contributed by atoms with Crippen molar-refractivity contribution in [2.45, 2.75) is 58.2 Å². The SMILES string of the molecule is CCCCCCCC(=O)CC1OCCO1. The van der Waals surface area contributed by atoms with Crippen molar-refractivity contribution in [1.82, 2.24) is 0 Å². The summed E-state index contributed by atoms with van der Waals surface area (Å²) < 4.78 is 10.5. The van der Waals surface area contributed by atoms with E-state index in [0.29, 0.717) is 26.1 Å². The van der Waals surface area contributed by atoms with Crippen LogP contribution in [-0.4, -0.2) is 25.3 Å². The summed E-state index contributed by atoms with van der Waals surface area (Å²) in [6, 6.07) is 0. The van der Waals surface area contributed by atoms with E-state index in [1.165, 1.54) is 25.7 Å². The molecule has 0 aromatic heterocycles. The van der Waals surface area contributed by atoms with Crippen LogP contribution in [0.4, 0.5) is 0 Å². The second-order valence-electron chi connectivity index (χ2n) is 4.08. The monoisotopic (exact) mass is 214 g/mol. The number of ketones is 1. The van der Waals surface area contributed by atoms with Crippen LogP contribution in [0.25, 0.3) is 0 Å². The molecule has 1 aliphatic heterocycles. The highest BCUT2D eigenvalue weighted by atomic mass is 16.7. The first kappa shape index (κ1) is 12.7. The number of unbranched alkanes of at least 4 members (excludes halogenated alkanes) is 4. The number of ether oxygens (including phenoxy) is 2. The lowest BCUT2D eigenvalue weighted by Gasteiger charge is -2.07. The smallest absolute Gasteiger partial charge is 0.164 e. The summed E-state index contributed by atoms with van der Waals surface area (Å²) in [5, 5.41) is 0. The Morgan fingerprint density at radius 1 is 1.13 bits per heavy atom. The Morgan fingerprint density at radius 3 is 2.47 bits per heavy atom. The molecule has 0 saturated carbocycles. The molecule has 0 bridgehead atoms. The van der Waals surface area contributed by atoms with Crippen molar-refractivity contribution < 1.29 is 14.3 Å². The molecule has 1 heterocycles. The largest absolute Gasteiger partial charge is 0.350 e. The molecule has 3 nitrogen and oxygen atoms in total. The number of rotatable bonds is 8. The van der Waals surface area contributed by atoms with E-state index in [9.17, 15) is 4.79 Å². The second kappa shape index (κ2) is 7.83. The molecule has 0 unspecified atom stereocenters. The highest BCUT2D eigenvalue weighted by Crippen LogP contribution is 2.12. The summed E-state index contributed by atoms with van der Waals surface area (Å²) in [5.41, 5.74) is 0. The molecule has 1 rings (SSSR count). The van der Waals surface area contributed by atoms with Gasteiger partial charge in [0.1, 0.15) is 5.78 Å². The van der Waals surface area contributed by atoms with E-state index in [1.54, 1.807) is 0 Å². The highest BCUT2D eigenvalue weighted by molar-refractivity contribution is 5.78. The van der Waals surface area contributed by atoms with Crippen LogP contribution in [0.1, 0.15) is 51.9 Å². The summed E-state index contributed by atoms with van der Waals surface area (Å²) in [7, 11) is 0. The Bertz CT molecular complexity index is 174. The molecule has 0 aromatic carbocycles. The lowest BCUT2D eigenvalue weighted by Crippen LogP contribution is -2.14. The maximum atomic E-state index is 11.5. The van der Waals surface area contributed by atoms with E-state index in [2.05, 4.69) is 6.92 Å². The van der Waals surface area contributed by atoms with Crippen molar-refractivity contribution in [3.63, 3.8) is 0 Å². The molecule has 0 aromatic rings. The zero-order valence-corrected chi connectivity index (χ0v) is 9.67. The van der Waals surface area contributed by atoms with E-state index >= 15 is 0 Å². The van der Waals surface area contributed by atoms with E-state index in [1.807, 2.05) is 0 Å². The molecule has 1 saturated heterocycles. The Hall–Kier alpha value is -0.410. The van der Waals surface area contributed by atoms with Gasteiger partial charge in [-0.05, 0) is 6.42 Å². The maximum absolute atomic E-state index is 11.5. The fraction of sp³-hybridized carbons (Fsp3) is 0.917. The Balaban J connectivity index is 1.93. The van der Waals surface area contributed by atoms with Gasteiger partial charge in [0.05, 0.1) is 19.6 Å². The number of carbonyl (C=O) groups excluding carboxylic acids is 1. The summed E-state index contributed by atoms with van der Waals surface area (Å²) in [5.74, 6) is 0.276. The van der Waals surface area contributed by atoms with Gasteiger partial charge in [-0.3, -0.25) is 4.79 Å². The van der Waals surface area contributed by atoms with Crippen LogP contribution in [0.15, 0.2) is 0 Å². The summed E-state index contributed by atoms with van der Waals surface area (Å²) in [6.45, 7) is 3.46. The molecule has 88 valence electrons. The van der Waals surface area contributed by atoms with Gasteiger partial charge in [0.25, 0.3) is 0 Å². The van der Waals surface area contributed by atoms with Gasteiger partial charge in [-0.25, -0.2) is 0 Å². The van der Waals surface area contributed by atoms with Gasteiger partial charge in [-0.1, -0.05) is 32.6 Å². The van der Waals surface area contributed by atoms with Gasteiger partial charge in [0.2, 0.25) is 0 Å². The second-order valence-corrected chi connectivity index (χ2v) is 4.08. The van der Waals surface area contributed by atoms with Gasteiger partial charge in [0.15, 0.2) is 6.29 Å². The molecule has 0 radical (unpaired) electrons. The summed E-state index contributed by atoms with van der Waals surface area (Å²) in [6.07, 6.45) is 6.84. The fourth-order valence-electron chi connectivity index (χ4n) is 1.74. The molecule has 3 heteroatoms. The molecule has 0 N–H and O–H groups in total. The molecule has 0 aliphatic carbocycles. The Morgan fingerprint density at radius 2 is 1.80 bits per heavy atom. The third kappa shape index (κ3) is 5.90. The van der Waals surface area contributed by atoms with Gasteiger partial charge < -0.3 is 9.47 Å². The highest BCUT2D eigenvalue weighted by Gasteiger charge is 2.18. The van der Waals surface area contributed by atoms with E-state index in [0.717, 1.165) is 6.42 Å². The lowest BCUT2D eigenvalue weighted by molar-refractivity contribution is -0.127.